The monoisotopic (exact) mass is 511 g/mol. The Morgan fingerprint density at radius 2 is 1.69 bits per heavy atom. The molecule has 0 aromatic rings. The van der Waals surface area contributed by atoms with Crippen molar-refractivity contribution >= 4 is 11.9 Å². The molecule has 8 heteroatoms. The summed E-state index contributed by atoms with van der Waals surface area (Å²) in [5.41, 5.74) is 6.27. The zero-order valence-electron chi connectivity index (χ0n) is 22.7. The van der Waals surface area contributed by atoms with E-state index in [1.54, 1.807) is 7.11 Å². The molecule has 6 unspecified atom stereocenters. The fourth-order valence-electron chi connectivity index (χ4n) is 7.27. The molecule has 2 aliphatic carbocycles. The van der Waals surface area contributed by atoms with Gasteiger partial charge in [-0.2, -0.15) is 0 Å². The summed E-state index contributed by atoms with van der Waals surface area (Å²) < 4.78 is 17.1. The highest BCUT2D eigenvalue weighted by atomic mass is 16.6. The third-order valence-corrected chi connectivity index (χ3v) is 8.94. The van der Waals surface area contributed by atoms with Crippen molar-refractivity contribution in [3.8, 4) is 0 Å². The molecular formula is C28H51N2O6+. The van der Waals surface area contributed by atoms with Gasteiger partial charge < -0.3 is 24.6 Å². The number of hydrogen-bond acceptors (Lipinski definition) is 7. The lowest BCUT2D eigenvalue weighted by Crippen LogP contribution is -2.94. The standard InChI is InChI=1S/C28H50N2O6/c1-18(31)35-23(16-24(36-19(2)32)13-20-7-5-4-6-8-20)10-9-21-14-27(34-3)26(33)17-25(21)22-11-12-30-28(29)15-22/h20-28,30,33H,4-17,29H2,1-3H3/p+1/t21?,22?,23-,24+,25?,26?,27?,28?/m1/s1. The number of aliphatic hydroxyl groups excluding tert-OH is 1. The van der Waals surface area contributed by atoms with Gasteiger partial charge in [-0.1, -0.05) is 32.1 Å². The number of quaternary nitrogens is 1. The van der Waals surface area contributed by atoms with E-state index in [-0.39, 0.29) is 36.4 Å². The Labute approximate surface area is 217 Å². The quantitative estimate of drug-likeness (QED) is 0.364. The van der Waals surface area contributed by atoms with Gasteiger partial charge in [0.15, 0.2) is 0 Å². The molecule has 1 saturated heterocycles. The smallest absolute Gasteiger partial charge is 0.302 e. The highest BCUT2D eigenvalue weighted by Gasteiger charge is 2.42. The van der Waals surface area contributed by atoms with Crippen LogP contribution in [0.3, 0.4) is 0 Å². The van der Waals surface area contributed by atoms with Crippen molar-refractivity contribution in [2.24, 2.45) is 29.4 Å². The number of piperidine rings is 1. The molecule has 208 valence electrons. The largest absolute Gasteiger partial charge is 0.462 e. The van der Waals surface area contributed by atoms with Crippen molar-refractivity contribution in [1.82, 2.24) is 0 Å². The molecular weight excluding hydrogens is 460 g/mol. The summed E-state index contributed by atoms with van der Waals surface area (Å²) in [6.07, 6.45) is 11.8. The zero-order valence-corrected chi connectivity index (χ0v) is 22.7. The van der Waals surface area contributed by atoms with E-state index in [1.165, 1.54) is 46.0 Å². The number of methoxy groups -OCH3 is 1. The van der Waals surface area contributed by atoms with Gasteiger partial charge in [0.1, 0.15) is 18.4 Å². The van der Waals surface area contributed by atoms with Gasteiger partial charge in [0.25, 0.3) is 0 Å². The van der Waals surface area contributed by atoms with Crippen LogP contribution in [0.2, 0.25) is 0 Å². The summed E-state index contributed by atoms with van der Waals surface area (Å²) in [6.45, 7) is 3.94. The number of carbonyl (C=O) groups is 2. The van der Waals surface area contributed by atoms with Crippen molar-refractivity contribution < 1.29 is 34.2 Å². The van der Waals surface area contributed by atoms with Crippen molar-refractivity contribution in [3.05, 3.63) is 0 Å². The summed E-state index contributed by atoms with van der Waals surface area (Å²) in [5.74, 6) is 1.26. The predicted octanol–water partition coefficient (Wildman–Crippen LogP) is 2.65. The fourth-order valence-corrected chi connectivity index (χ4v) is 7.27. The molecule has 0 aromatic carbocycles. The third-order valence-electron chi connectivity index (χ3n) is 8.94. The first kappa shape index (κ1) is 29.3. The van der Waals surface area contributed by atoms with E-state index in [0.29, 0.717) is 30.1 Å². The van der Waals surface area contributed by atoms with Crippen LogP contribution in [0.1, 0.15) is 97.3 Å². The Bertz CT molecular complexity index is 685. The van der Waals surface area contributed by atoms with E-state index in [9.17, 15) is 14.7 Å². The van der Waals surface area contributed by atoms with Crippen LogP contribution in [0, 0.1) is 23.7 Å². The lowest BCUT2D eigenvalue weighted by Gasteiger charge is -2.44. The SMILES string of the molecule is COC1CC(CC[C@H](C[C@H](CC2CCCCC2)OC(C)=O)OC(C)=O)C(C2CC[NH2+]C(N)C2)CC1O. The van der Waals surface area contributed by atoms with Gasteiger partial charge in [-0.15, -0.1) is 0 Å². The first-order valence-corrected chi connectivity index (χ1v) is 14.4. The molecule has 8 nitrogen and oxygen atoms in total. The maximum atomic E-state index is 12.0. The minimum absolute atomic E-state index is 0.125. The second kappa shape index (κ2) is 14.6. The van der Waals surface area contributed by atoms with Gasteiger partial charge in [-0.25, -0.2) is 0 Å². The maximum absolute atomic E-state index is 12.0. The highest BCUT2D eigenvalue weighted by molar-refractivity contribution is 5.66. The summed E-state index contributed by atoms with van der Waals surface area (Å²) in [7, 11) is 1.67. The van der Waals surface area contributed by atoms with Crippen LogP contribution in [-0.2, 0) is 23.8 Å². The average molecular weight is 512 g/mol. The number of carbonyl (C=O) groups excluding carboxylic acids is 2. The Balaban J connectivity index is 1.66. The van der Waals surface area contributed by atoms with Crippen LogP contribution < -0.4 is 11.1 Å². The number of esters is 2. The van der Waals surface area contributed by atoms with Gasteiger partial charge in [0.2, 0.25) is 0 Å². The van der Waals surface area contributed by atoms with E-state index in [1.807, 2.05) is 0 Å². The molecule has 0 amide bonds. The van der Waals surface area contributed by atoms with Crippen molar-refractivity contribution in [1.29, 1.82) is 0 Å². The first-order chi connectivity index (χ1) is 17.2. The number of rotatable bonds is 11. The Hall–Kier alpha value is -1.22. The topological polar surface area (TPSA) is 125 Å². The van der Waals surface area contributed by atoms with E-state index < -0.39 is 6.10 Å². The molecule has 3 rings (SSSR count). The minimum Gasteiger partial charge on any atom is -0.462 e. The molecule has 5 N–H and O–H groups in total. The molecule has 1 heterocycles. The fraction of sp³-hybridized carbons (Fsp3) is 0.929. The number of aliphatic hydroxyl groups is 1. The summed E-state index contributed by atoms with van der Waals surface area (Å²) in [4.78, 5) is 23.9. The van der Waals surface area contributed by atoms with Gasteiger partial charge in [-0.3, -0.25) is 15.3 Å². The molecule has 8 atom stereocenters. The average Bonchev–Trinajstić information content (AvgIpc) is 2.82. The van der Waals surface area contributed by atoms with Gasteiger partial charge >= 0.3 is 11.9 Å². The Morgan fingerprint density at radius 1 is 1.00 bits per heavy atom. The van der Waals surface area contributed by atoms with E-state index in [2.05, 4.69) is 5.32 Å². The normalized spacial score (nSPS) is 33.5. The predicted molar refractivity (Wildman–Crippen MR) is 137 cm³/mol. The van der Waals surface area contributed by atoms with E-state index >= 15 is 0 Å². The second-order valence-corrected chi connectivity index (χ2v) is 11.7. The second-order valence-electron chi connectivity index (χ2n) is 11.7. The lowest BCUT2D eigenvalue weighted by molar-refractivity contribution is -0.699. The van der Waals surface area contributed by atoms with E-state index in [4.69, 9.17) is 19.9 Å². The molecule has 3 fully saturated rings. The molecule has 36 heavy (non-hydrogen) atoms. The van der Waals surface area contributed by atoms with Gasteiger partial charge in [0, 0.05) is 33.8 Å². The van der Waals surface area contributed by atoms with Crippen LogP contribution in [-0.4, -0.2) is 61.3 Å². The molecule has 3 aliphatic rings. The summed E-state index contributed by atoms with van der Waals surface area (Å²) >= 11 is 0. The molecule has 0 aromatic heterocycles. The minimum atomic E-state index is -0.452. The molecule has 2 saturated carbocycles. The molecule has 0 bridgehead atoms. The highest BCUT2D eigenvalue weighted by Crippen LogP contribution is 2.42. The number of nitrogens with two attached hydrogens (primary N) is 2. The Morgan fingerprint density at radius 3 is 2.33 bits per heavy atom. The van der Waals surface area contributed by atoms with Crippen LogP contribution in [0.15, 0.2) is 0 Å². The number of hydrogen-bond donors (Lipinski definition) is 3. The van der Waals surface area contributed by atoms with E-state index in [0.717, 1.165) is 51.5 Å². The van der Waals surface area contributed by atoms with Crippen molar-refractivity contribution in [2.75, 3.05) is 13.7 Å². The summed E-state index contributed by atoms with van der Waals surface area (Å²) in [6, 6.07) is 0. The van der Waals surface area contributed by atoms with Crippen LogP contribution in [0.5, 0.6) is 0 Å². The van der Waals surface area contributed by atoms with Crippen LogP contribution in [0.4, 0.5) is 0 Å². The summed E-state index contributed by atoms with van der Waals surface area (Å²) in [5, 5.41) is 12.9. The van der Waals surface area contributed by atoms with Gasteiger partial charge in [-0.05, 0) is 62.2 Å². The van der Waals surface area contributed by atoms with Crippen LogP contribution in [0.25, 0.3) is 0 Å². The zero-order chi connectivity index (χ0) is 26.1. The molecule has 1 aliphatic heterocycles. The van der Waals surface area contributed by atoms with Gasteiger partial charge in [0.05, 0.1) is 18.8 Å². The van der Waals surface area contributed by atoms with Crippen molar-refractivity contribution in [2.45, 2.75) is 128 Å². The first-order valence-electron chi connectivity index (χ1n) is 14.4. The maximum Gasteiger partial charge on any atom is 0.302 e. The molecule has 0 radical (unpaired) electrons. The lowest BCUT2D eigenvalue weighted by atomic mass is 9.66. The Kier molecular flexibility index (Phi) is 11.9. The van der Waals surface area contributed by atoms with Crippen molar-refractivity contribution in [3.63, 3.8) is 0 Å². The number of ether oxygens (including phenoxy) is 3. The molecule has 0 spiro atoms. The third kappa shape index (κ3) is 9.26. The van der Waals surface area contributed by atoms with Crippen LogP contribution >= 0.6 is 0 Å².